The Morgan fingerprint density at radius 2 is 2.53 bits per heavy atom. The molecule has 0 saturated carbocycles. The van der Waals surface area contributed by atoms with Crippen molar-refractivity contribution in [3.63, 3.8) is 0 Å². The van der Waals surface area contributed by atoms with E-state index < -0.39 is 0 Å². The third-order valence-corrected chi connectivity index (χ3v) is 2.95. The largest absolute Gasteiger partial charge is 0.369 e. The first kappa shape index (κ1) is 10.9. The van der Waals surface area contributed by atoms with Gasteiger partial charge < -0.3 is 10.1 Å². The maximum absolute atomic E-state index is 6.00. The third-order valence-electron chi connectivity index (χ3n) is 2.64. The molecule has 1 saturated heterocycles. The Morgan fingerprint density at radius 1 is 1.67 bits per heavy atom. The highest BCUT2D eigenvalue weighted by atomic mass is 35.5. The lowest BCUT2D eigenvalue weighted by molar-refractivity contribution is 0.00818. The lowest BCUT2D eigenvalue weighted by Crippen LogP contribution is -2.18. The first-order valence-electron chi connectivity index (χ1n) is 5.24. The van der Waals surface area contributed by atoms with E-state index in [0.717, 1.165) is 25.1 Å². The number of hydrogen-bond donors (Lipinski definition) is 1. The lowest BCUT2D eigenvalue weighted by atomic mass is 10.2. The number of halogens is 1. The molecule has 0 spiro atoms. The van der Waals surface area contributed by atoms with Gasteiger partial charge in [-0.25, -0.2) is 4.98 Å². The van der Waals surface area contributed by atoms with Gasteiger partial charge in [0.25, 0.3) is 0 Å². The zero-order valence-electron chi connectivity index (χ0n) is 8.74. The van der Waals surface area contributed by atoms with Crippen LogP contribution in [0.2, 0.25) is 5.15 Å². The Hall–Kier alpha value is -0.640. The minimum atomic E-state index is 0.0103. The van der Waals surface area contributed by atoms with Gasteiger partial charge >= 0.3 is 0 Å². The Balaban J connectivity index is 2.00. The molecule has 0 radical (unpaired) electrons. The van der Waals surface area contributed by atoms with E-state index in [4.69, 9.17) is 16.3 Å². The van der Waals surface area contributed by atoms with Crippen LogP contribution in [0.3, 0.4) is 0 Å². The van der Waals surface area contributed by atoms with Gasteiger partial charge in [0, 0.05) is 18.3 Å². The summed E-state index contributed by atoms with van der Waals surface area (Å²) in [6, 6.07) is 3.84. The summed E-state index contributed by atoms with van der Waals surface area (Å²) in [5.41, 5.74) is 0.964. The lowest BCUT2D eigenvalue weighted by Gasteiger charge is -2.18. The number of rotatable bonds is 3. The Kier molecular flexibility index (Phi) is 3.57. The molecular weight excluding hydrogens is 212 g/mol. The van der Waals surface area contributed by atoms with Gasteiger partial charge in [-0.05, 0) is 26.0 Å². The van der Waals surface area contributed by atoms with Crippen molar-refractivity contribution in [2.24, 2.45) is 0 Å². The Bertz CT molecular complexity index is 326. The van der Waals surface area contributed by atoms with Gasteiger partial charge in [0.2, 0.25) is 0 Å². The van der Waals surface area contributed by atoms with Crippen LogP contribution < -0.4 is 5.32 Å². The van der Waals surface area contributed by atoms with E-state index in [1.165, 1.54) is 0 Å². The van der Waals surface area contributed by atoms with Crippen LogP contribution in [0.5, 0.6) is 0 Å². The van der Waals surface area contributed by atoms with Crippen LogP contribution in [-0.4, -0.2) is 24.2 Å². The SMILES string of the molecule is CC(OC1CCNC1)c1cccnc1Cl. The summed E-state index contributed by atoms with van der Waals surface area (Å²) in [5.74, 6) is 0. The van der Waals surface area contributed by atoms with Gasteiger partial charge in [-0.2, -0.15) is 0 Å². The molecule has 1 aliphatic heterocycles. The normalized spacial score (nSPS) is 22.9. The monoisotopic (exact) mass is 226 g/mol. The molecule has 4 heteroatoms. The molecule has 82 valence electrons. The van der Waals surface area contributed by atoms with Crippen molar-refractivity contribution in [2.75, 3.05) is 13.1 Å². The van der Waals surface area contributed by atoms with Crippen LogP contribution in [0, 0.1) is 0 Å². The molecular formula is C11H15ClN2O. The predicted octanol–water partition coefficient (Wildman–Crippen LogP) is 2.17. The maximum atomic E-state index is 6.00. The molecule has 1 fully saturated rings. The average molecular weight is 227 g/mol. The molecule has 2 unspecified atom stereocenters. The van der Waals surface area contributed by atoms with Crippen LogP contribution in [0.4, 0.5) is 0 Å². The van der Waals surface area contributed by atoms with E-state index in [2.05, 4.69) is 10.3 Å². The molecule has 1 aromatic heterocycles. The molecule has 3 nitrogen and oxygen atoms in total. The molecule has 0 aliphatic carbocycles. The predicted molar refractivity (Wildman–Crippen MR) is 60.0 cm³/mol. The maximum Gasteiger partial charge on any atom is 0.134 e. The highest BCUT2D eigenvalue weighted by Crippen LogP contribution is 2.25. The number of ether oxygens (including phenoxy) is 1. The van der Waals surface area contributed by atoms with E-state index in [-0.39, 0.29) is 6.10 Å². The van der Waals surface area contributed by atoms with E-state index >= 15 is 0 Å². The number of pyridine rings is 1. The molecule has 2 atom stereocenters. The summed E-state index contributed by atoms with van der Waals surface area (Å²) in [4.78, 5) is 4.04. The van der Waals surface area contributed by atoms with E-state index in [9.17, 15) is 0 Å². The van der Waals surface area contributed by atoms with Crippen molar-refractivity contribution in [3.8, 4) is 0 Å². The van der Waals surface area contributed by atoms with Crippen LogP contribution in [0.15, 0.2) is 18.3 Å². The van der Waals surface area contributed by atoms with Gasteiger partial charge in [0.15, 0.2) is 0 Å². The number of nitrogens with zero attached hydrogens (tertiary/aromatic N) is 1. The van der Waals surface area contributed by atoms with Gasteiger partial charge in [-0.3, -0.25) is 0 Å². The standard InChI is InChI=1S/C11H15ClN2O/c1-8(15-9-4-6-13-7-9)10-3-2-5-14-11(10)12/h2-3,5,8-9,13H,4,6-7H2,1H3. The number of aromatic nitrogens is 1. The zero-order valence-corrected chi connectivity index (χ0v) is 9.50. The van der Waals surface area contributed by atoms with Crippen LogP contribution >= 0.6 is 11.6 Å². The van der Waals surface area contributed by atoms with Crippen molar-refractivity contribution in [1.29, 1.82) is 0 Å². The Morgan fingerprint density at radius 3 is 3.20 bits per heavy atom. The van der Waals surface area contributed by atoms with Crippen molar-refractivity contribution in [2.45, 2.75) is 25.6 Å². The van der Waals surface area contributed by atoms with Gasteiger partial charge in [0.1, 0.15) is 5.15 Å². The summed E-state index contributed by atoms with van der Waals surface area (Å²) < 4.78 is 5.89. The molecule has 2 heterocycles. The second-order valence-electron chi connectivity index (χ2n) is 3.78. The fraction of sp³-hybridized carbons (Fsp3) is 0.545. The molecule has 0 bridgehead atoms. The van der Waals surface area contributed by atoms with Gasteiger partial charge in [0.05, 0.1) is 12.2 Å². The Labute approximate surface area is 94.8 Å². The van der Waals surface area contributed by atoms with Crippen molar-refractivity contribution in [3.05, 3.63) is 29.0 Å². The van der Waals surface area contributed by atoms with Crippen LogP contribution in [-0.2, 0) is 4.74 Å². The van der Waals surface area contributed by atoms with Gasteiger partial charge in [-0.1, -0.05) is 17.7 Å². The summed E-state index contributed by atoms with van der Waals surface area (Å²) in [6.45, 7) is 3.99. The third kappa shape index (κ3) is 2.68. The quantitative estimate of drug-likeness (QED) is 0.803. The summed E-state index contributed by atoms with van der Waals surface area (Å²) in [5, 5.41) is 3.81. The molecule has 0 aromatic carbocycles. The first-order valence-corrected chi connectivity index (χ1v) is 5.62. The molecule has 1 aromatic rings. The molecule has 1 aliphatic rings. The van der Waals surface area contributed by atoms with E-state index in [1.54, 1.807) is 6.20 Å². The van der Waals surface area contributed by atoms with Crippen LogP contribution in [0.25, 0.3) is 0 Å². The minimum Gasteiger partial charge on any atom is -0.369 e. The van der Waals surface area contributed by atoms with Crippen LogP contribution in [0.1, 0.15) is 25.0 Å². The number of hydrogen-bond acceptors (Lipinski definition) is 3. The first-order chi connectivity index (χ1) is 7.27. The number of nitrogens with one attached hydrogen (secondary N) is 1. The molecule has 1 N–H and O–H groups in total. The minimum absolute atomic E-state index is 0.0103. The average Bonchev–Trinajstić information content (AvgIpc) is 2.71. The smallest absolute Gasteiger partial charge is 0.134 e. The van der Waals surface area contributed by atoms with Gasteiger partial charge in [-0.15, -0.1) is 0 Å². The molecule has 15 heavy (non-hydrogen) atoms. The second-order valence-corrected chi connectivity index (χ2v) is 4.13. The summed E-state index contributed by atoms with van der Waals surface area (Å²) >= 11 is 6.00. The highest BCUT2D eigenvalue weighted by molar-refractivity contribution is 6.30. The van der Waals surface area contributed by atoms with Crippen molar-refractivity contribution >= 4 is 11.6 Å². The fourth-order valence-corrected chi connectivity index (χ4v) is 2.08. The zero-order chi connectivity index (χ0) is 10.7. The summed E-state index contributed by atoms with van der Waals surface area (Å²) in [6.07, 6.45) is 3.07. The summed E-state index contributed by atoms with van der Waals surface area (Å²) in [7, 11) is 0. The van der Waals surface area contributed by atoms with E-state index in [0.29, 0.717) is 11.3 Å². The van der Waals surface area contributed by atoms with E-state index in [1.807, 2.05) is 19.1 Å². The topological polar surface area (TPSA) is 34.1 Å². The molecule has 0 amide bonds. The molecule has 2 rings (SSSR count). The highest BCUT2D eigenvalue weighted by Gasteiger charge is 2.19. The second kappa shape index (κ2) is 4.92. The van der Waals surface area contributed by atoms with Crippen molar-refractivity contribution in [1.82, 2.24) is 10.3 Å². The van der Waals surface area contributed by atoms with Crippen molar-refractivity contribution < 1.29 is 4.74 Å². The fourth-order valence-electron chi connectivity index (χ4n) is 1.81.